The molecule has 0 heterocycles. The largest absolute Gasteiger partial charge is 0.299 e. The lowest BCUT2D eigenvalue weighted by molar-refractivity contribution is -0.130. The molecule has 0 aromatic carbocycles. The first-order valence-corrected chi connectivity index (χ1v) is 5.78. The highest BCUT2D eigenvalue weighted by Gasteiger charge is 2.30. The molecular weight excluding hydrogens is 214 g/mol. The van der Waals surface area contributed by atoms with Gasteiger partial charge < -0.3 is 0 Å². The predicted octanol–water partition coefficient (Wildman–Crippen LogP) is 1.76. The quantitative estimate of drug-likeness (QED) is 0.518. The number of Topliss-reactive ketones (excluding diaryl/α,β-unsaturated/α-hetero) is 1. The number of carbonyl (C=O) groups is 2. The van der Waals surface area contributed by atoms with Crippen molar-refractivity contribution in [1.82, 2.24) is 4.90 Å². The van der Waals surface area contributed by atoms with Crippen LogP contribution in [0.15, 0.2) is 37.5 Å². The fourth-order valence-corrected chi connectivity index (χ4v) is 2.07. The zero-order valence-electron chi connectivity index (χ0n) is 10.3. The van der Waals surface area contributed by atoms with E-state index in [1.54, 1.807) is 0 Å². The first-order valence-electron chi connectivity index (χ1n) is 5.78. The van der Waals surface area contributed by atoms with E-state index >= 15 is 0 Å². The third-order valence-corrected chi connectivity index (χ3v) is 2.99. The van der Waals surface area contributed by atoms with Crippen LogP contribution in [-0.4, -0.2) is 35.6 Å². The maximum absolute atomic E-state index is 11.6. The van der Waals surface area contributed by atoms with Gasteiger partial charge in [-0.15, -0.1) is 13.2 Å². The summed E-state index contributed by atoms with van der Waals surface area (Å²) in [5.74, 6) is -0.616. The van der Waals surface area contributed by atoms with Crippen molar-refractivity contribution in [3.63, 3.8) is 0 Å². The van der Waals surface area contributed by atoms with Gasteiger partial charge in [0.1, 0.15) is 5.78 Å². The van der Waals surface area contributed by atoms with Crippen molar-refractivity contribution in [1.29, 1.82) is 0 Å². The maximum Gasteiger partial charge on any atom is 0.165 e. The third kappa shape index (κ3) is 3.49. The van der Waals surface area contributed by atoms with Crippen molar-refractivity contribution in [2.24, 2.45) is 5.92 Å². The fourth-order valence-electron chi connectivity index (χ4n) is 2.07. The molecule has 1 rings (SSSR count). The Morgan fingerprint density at radius 3 is 2.53 bits per heavy atom. The summed E-state index contributed by atoms with van der Waals surface area (Å²) in [7, 11) is 0. The molecule has 0 aromatic heterocycles. The SMILES string of the molecule is C=CCN(CC=C)[C@@H]1C=CC(=O)C(C(C)=O)C1. The molecule has 0 amide bonds. The van der Waals surface area contributed by atoms with Gasteiger partial charge in [0.05, 0.1) is 5.92 Å². The lowest BCUT2D eigenvalue weighted by Crippen LogP contribution is -2.40. The Labute approximate surface area is 102 Å². The van der Waals surface area contributed by atoms with Crippen molar-refractivity contribution in [2.75, 3.05) is 13.1 Å². The summed E-state index contributed by atoms with van der Waals surface area (Å²) in [5.41, 5.74) is 0. The van der Waals surface area contributed by atoms with Crippen LogP contribution in [-0.2, 0) is 9.59 Å². The number of carbonyl (C=O) groups excluding carboxylic acids is 2. The standard InChI is InChI=1S/C14H19NO2/c1-4-8-15(9-5-2)12-6-7-14(17)13(10-12)11(3)16/h4-7,12-13H,1-2,8-10H2,3H3/t12-,13?/m1/s1. The molecule has 1 unspecified atom stereocenters. The Morgan fingerprint density at radius 1 is 1.47 bits per heavy atom. The van der Waals surface area contributed by atoms with Crippen LogP contribution < -0.4 is 0 Å². The molecular formula is C14H19NO2. The van der Waals surface area contributed by atoms with E-state index in [0.29, 0.717) is 6.42 Å². The normalized spacial score (nSPS) is 23.8. The van der Waals surface area contributed by atoms with Gasteiger partial charge in [-0.2, -0.15) is 0 Å². The Morgan fingerprint density at radius 2 is 2.06 bits per heavy atom. The van der Waals surface area contributed by atoms with Crippen molar-refractivity contribution >= 4 is 11.6 Å². The minimum atomic E-state index is -0.484. The molecule has 3 heteroatoms. The summed E-state index contributed by atoms with van der Waals surface area (Å²) >= 11 is 0. The number of allylic oxidation sites excluding steroid dienone is 1. The molecule has 3 nitrogen and oxygen atoms in total. The van der Waals surface area contributed by atoms with Gasteiger partial charge in [0.2, 0.25) is 0 Å². The number of hydrogen-bond acceptors (Lipinski definition) is 3. The van der Waals surface area contributed by atoms with Gasteiger partial charge in [0.15, 0.2) is 5.78 Å². The molecule has 92 valence electrons. The van der Waals surface area contributed by atoms with Crippen LogP contribution in [0.3, 0.4) is 0 Å². The van der Waals surface area contributed by atoms with Crippen LogP contribution in [0.2, 0.25) is 0 Å². The lowest BCUT2D eigenvalue weighted by atomic mass is 9.86. The molecule has 1 aliphatic rings. The van der Waals surface area contributed by atoms with Gasteiger partial charge in [-0.1, -0.05) is 18.2 Å². The van der Waals surface area contributed by atoms with Crippen LogP contribution in [0.25, 0.3) is 0 Å². The van der Waals surface area contributed by atoms with Crippen molar-refractivity contribution in [2.45, 2.75) is 19.4 Å². The van der Waals surface area contributed by atoms with E-state index in [0.717, 1.165) is 13.1 Å². The Kier molecular flexibility index (Phi) is 5.04. The number of rotatable bonds is 6. The van der Waals surface area contributed by atoms with Gasteiger partial charge >= 0.3 is 0 Å². The van der Waals surface area contributed by atoms with E-state index in [1.165, 1.54) is 13.0 Å². The second-order valence-corrected chi connectivity index (χ2v) is 4.26. The topological polar surface area (TPSA) is 37.4 Å². The van der Waals surface area contributed by atoms with Crippen molar-refractivity contribution in [3.8, 4) is 0 Å². The predicted molar refractivity (Wildman–Crippen MR) is 68.7 cm³/mol. The minimum Gasteiger partial charge on any atom is -0.299 e. The van der Waals surface area contributed by atoms with Crippen molar-refractivity contribution < 1.29 is 9.59 Å². The monoisotopic (exact) mass is 233 g/mol. The van der Waals surface area contributed by atoms with Crippen molar-refractivity contribution in [3.05, 3.63) is 37.5 Å². The highest BCUT2D eigenvalue weighted by molar-refractivity contribution is 6.07. The summed E-state index contributed by atoms with van der Waals surface area (Å²) < 4.78 is 0. The van der Waals surface area contributed by atoms with E-state index in [-0.39, 0.29) is 17.6 Å². The Hall–Kier alpha value is -1.48. The summed E-state index contributed by atoms with van der Waals surface area (Å²) in [5, 5.41) is 0. The molecule has 0 saturated carbocycles. The van der Waals surface area contributed by atoms with Gasteiger partial charge in [-0.25, -0.2) is 0 Å². The van der Waals surface area contributed by atoms with Gasteiger partial charge in [0.25, 0.3) is 0 Å². The smallest absolute Gasteiger partial charge is 0.165 e. The van der Waals surface area contributed by atoms with E-state index in [9.17, 15) is 9.59 Å². The van der Waals surface area contributed by atoms with Crippen LogP contribution in [0.1, 0.15) is 13.3 Å². The summed E-state index contributed by atoms with van der Waals surface area (Å²) in [6.45, 7) is 10.3. The summed E-state index contributed by atoms with van der Waals surface area (Å²) in [4.78, 5) is 25.1. The Balaban J connectivity index is 2.80. The number of hydrogen-bond donors (Lipinski definition) is 0. The number of ketones is 2. The molecule has 0 spiro atoms. The highest BCUT2D eigenvalue weighted by Crippen LogP contribution is 2.21. The molecule has 2 atom stereocenters. The zero-order chi connectivity index (χ0) is 12.8. The summed E-state index contributed by atoms with van der Waals surface area (Å²) in [6.07, 6.45) is 7.59. The van der Waals surface area contributed by atoms with E-state index in [2.05, 4.69) is 18.1 Å². The molecule has 0 bridgehead atoms. The lowest BCUT2D eigenvalue weighted by Gasteiger charge is -2.31. The highest BCUT2D eigenvalue weighted by atomic mass is 16.1. The zero-order valence-corrected chi connectivity index (χ0v) is 10.3. The maximum atomic E-state index is 11.6. The molecule has 0 aliphatic heterocycles. The first kappa shape index (κ1) is 13.6. The average Bonchev–Trinajstić information content (AvgIpc) is 2.29. The number of nitrogens with zero attached hydrogens (tertiary/aromatic N) is 1. The molecule has 0 radical (unpaired) electrons. The van der Waals surface area contributed by atoms with E-state index < -0.39 is 5.92 Å². The first-order chi connectivity index (χ1) is 8.10. The Bertz CT molecular complexity index is 347. The summed E-state index contributed by atoms with van der Waals surface area (Å²) in [6, 6.07) is 0.109. The molecule has 0 fully saturated rings. The van der Waals surface area contributed by atoms with Gasteiger partial charge in [-0.05, 0) is 19.4 Å². The van der Waals surface area contributed by atoms with Crippen LogP contribution in [0.5, 0.6) is 0 Å². The van der Waals surface area contributed by atoms with Crippen LogP contribution >= 0.6 is 0 Å². The second kappa shape index (κ2) is 6.30. The van der Waals surface area contributed by atoms with Gasteiger partial charge in [0, 0.05) is 19.1 Å². The van der Waals surface area contributed by atoms with Crippen LogP contribution in [0.4, 0.5) is 0 Å². The van der Waals surface area contributed by atoms with E-state index in [1.807, 2.05) is 18.2 Å². The third-order valence-electron chi connectivity index (χ3n) is 2.99. The molecule has 0 saturated heterocycles. The molecule has 17 heavy (non-hydrogen) atoms. The van der Waals surface area contributed by atoms with Gasteiger partial charge in [-0.3, -0.25) is 14.5 Å². The minimum absolute atomic E-state index is 0.0542. The average molecular weight is 233 g/mol. The van der Waals surface area contributed by atoms with E-state index in [4.69, 9.17) is 0 Å². The molecule has 0 N–H and O–H groups in total. The second-order valence-electron chi connectivity index (χ2n) is 4.26. The van der Waals surface area contributed by atoms with Crippen LogP contribution in [0, 0.1) is 5.92 Å². The molecule has 1 aliphatic carbocycles. The molecule has 0 aromatic rings. The fraction of sp³-hybridized carbons (Fsp3) is 0.429.